The van der Waals surface area contributed by atoms with Crippen LogP contribution in [0.15, 0.2) is 48.5 Å². The first kappa shape index (κ1) is 28.8. The van der Waals surface area contributed by atoms with Crippen LogP contribution in [-0.4, -0.2) is 73.7 Å². The zero-order valence-corrected chi connectivity index (χ0v) is 22.0. The standard InChI is InChI=1S/C27H33ClF3N3O3/c1-32(2)24(35)22-12-11-21(18-23(22)28)34-16-13-19(14-17-34)8-7-15-33(3)25(36)26(37,27(29,30)31)20-9-5-4-6-10-20/h4-6,9-12,18-19,37H,7-8,13-17H2,1-3H3/t26-/m1/s1. The van der Waals surface area contributed by atoms with Gasteiger partial charge in [-0.1, -0.05) is 41.9 Å². The van der Waals surface area contributed by atoms with E-state index in [0.29, 0.717) is 22.9 Å². The van der Waals surface area contributed by atoms with Crippen molar-refractivity contribution in [1.29, 1.82) is 0 Å². The van der Waals surface area contributed by atoms with Gasteiger partial charge in [0.05, 0.1) is 10.6 Å². The fourth-order valence-electron chi connectivity index (χ4n) is 4.68. The highest BCUT2D eigenvalue weighted by atomic mass is 35.5. The summed E-state index contributed by atoms with van der Waals surface area (Å²) in [6.45, 7) is 1.69. The molecule has 0 aliphatic carbocycles. The van der Waals surface area contributed by atoms with Gasteiger partial charge >= 0.3 is 6.18 Å². The summed E-state index contributed by atoms with van der Waals surface area (Å²) in [5.74, 6) is -1.16. The first-order chi connectivity index (χ1) is 17.4. The van der Waals surface area contributed by atoms with Crippen LogP contribution in [0.25, 0.3) is 0 Å². The van der Waals surface area contributed by atoms with E-state index in [4.69, 9.17) is 11.6 Å². The molecule has 37 heavy (non-hydrogen) atoms. The minimum atomic E-state index is -5.15. The quantitative estimate of drug-likeness (QED) is 0.516. The number of hydrogen-bond acceptors (Lipinski definition) is 4. The average Bonchev–Trinajstić information content (AvgIpc) is 2.87. The first-order valence-electron chi connectivity index (χ1n) is 12.2. The zero-order valence-electron chi connectivity index (χ0n) is 21.3. The fourth-order valence-corrected chi connectivity index (χ4v) is 4.93. The molecule has 0 radical (unpaired) electrons. The number of carbonyl (C=O) groups excluding carboxylic acids is 2. The number of amides is 2. The molecule has 2 aromatic carbocycles. The van der Waals surface area contributed by atoms with E-state index in [1.807, 2.05) is 6.07 Å². The van der Waals surface area contributed by atoms with Gasteiger partial charge < -0.3 is 19.8 Å². The molecule has 202 valence electrons. The van der Waals surface area contributed by atoms with Gasteiger partial charge in [0.2, 0.25) is 0 Å². The highest BCUT2D eigenvalue weighted by Crippen LogP contribution is 2.40. The lowest BCUT2D eigenvalue weighted by Crippen LogP contribution is -2.55. The van der Waals surface area contributed by atoms with E-state index >= 15 is 0 Å². The van der Waals surface area contributed by atoms with Crippen molar-refractivity contribution in [2.45, 2.75) is 37.5 Å². The Bertz CT molecular complexity index is 1090. The summed E-state index contributed by atoms with van der Waals surface area (Å²) in [7, 11) is 4.63. The summed E-state index contributed by atoms with van der Waals surface area (Å²) < 4.78 is 41.3. The summed E-state index contributed by atoms with van der Waals surface area (Å²) in [6.07, 6.45) is -2.07. The van der Waals surface area contributed by atoms with Gasteiger partial charge in [0, 0.05) is 52.0 Å². The van der Waals surface area contributed by atoms with E-state index in [1.54, 1.807) is 26.2 Å². The van der Waals surface area contributed by atoms with E-state index in [9.17, 15) is 27.9 Å². The zero-order chi connectivity index (χ0) is 27.4. The van der Waals surface area contributed by atoms with Gasteiger partial charge in [-0.15, -0.1) is 0 Å². The third-order valence-corrected chi connectivity index (χ3v) is 7.25. The highest BCUT2D eigenvalue weighted by Gasteiger charge is 2.61. The van der Waals surface area contributed by atoms with E-state index in [-0.39, 0.29) is 12.5 Å². The number of likely N-dealkylation sites (N-methyl/N-ethyl adjacent to an activating group) is 1. The van der Waals surface area contributed by atoms with E-state index in [1.165, 1.54) is 30.1 Å². The van der Waals surface area contributed by atoms with Gasteiger partial charge in [-0.05, 0) is 49.8 Å². The maximum absolute atomic E-state index is 13.8. The van der Waals surface area contributed by atoms with E-state index in [0.717, 1.165) is 55.1 Å². The maximum Gasteiger partial charge on any atom is 0.430 e. The second-order valence-electron chi connectivity index (χ2n) is 9.74. The van der Waals surface area contributed by atoms with Crippen LogP contribution in [0.1, 0.15) is 41.6 Å². The SMILES string of the molecule is CN(C)C(=O)c1ccc(N2CCC(CCCN(C)C(=O)[C@](O)(c3ccccc3)C(F)(F)F)CC2)cc1Cl. The molecule has 0 aromatic heterocycles. The molecule has 3 rings (SSSR count). The van der Waals surface area contributed by atoms with Crippen LogP contribution in [0, 0.1) is 5.92 Å². The second kappa shape index (κ2) is 11.7. The molecule has 6 nitrogen and oxygen atoms in total. The van der Waals surface area contributed by atoms with Crippen molar-refractivity contribution in [3.8, 4) is 0 Å². The number of rotatable bonds is 8. The van der Waals surface area contributed by atoms with Crippen LogP contribution in [0.4, 0.5) is 18.9 Å². The van der Waals surface area contributed by atoms with Gasteiger partial charge in [0.15, 0.2) is 0 Å². The fraction of sp³-hybridized carbons (Fsp3) is 0.481. The number of halogens is 4. The van der Waals surface area contributed by atoms with Crippen LogP contribution in [-0.2, 0) is 10.4 Å². The molecule has 0 unspecified atom stereocenters. The number of piperidine rings is 1. The van der Waals surface area contributed by atoms with Crippen molar-refractivity contribution in [2.75, 3.05) is 45.7 Å². The Morgan fingerprint density at radius 2 is 1.68 bits per heavy atom. The lowest BCUT2D eigenvalue weighted by Gasteiger charge is -2.35. The smallest absolute Gasteiger partial charge is 0.371 e. The molecule has 1 saturated heterocycles. The Kier molecular flexibility index (Phi) is 9.13. The number of anilines is 1. The van der Waals surface area contributed by atoms with Gasteiger partial charge in [-0.3, -0.25) is 9.59 Å². The minimum Gasteiger partial charge on any atom is -0.371 e. The molecule has 1 heterocycles. The number of alkyl halides is 3. The van der Waals surface area contributed by atoms with Gasteiger partial charge in [-0.25, -0.2) is 0 Å². The summed E-state index contributed by atoms with van der Waals surface area (Å²) in [6, 6.07) is 11.9. The Balaban J connectivity index is 1.52. The summed E-state index contributed by atoms with van der Waals surface area (Å²) >= 11 is 6.34. The number of aliphatic hydroxyl groups is 1. The molecule has 1 atom stereocenters. The molecule has 10 heteroatoms. The molecule has 1 aliphatic rings. The summed E-state index contributed by atoms with van der Waals surface area (Å²) in [4.78, 5) is 29.6. The molecular weight excluding hydrogens is 507 g/mol. The average molecular weight is 540 g/mol. The topological polar surface area (TPSA) is 64.1 Å². The Morgan fingerprint density at radius 1 is 1.05 bits per heavy atom. The van der Waals surface area contributed by atoms with Crippen LogP contribution in [0.2, 0.25) is 5.02 Å². The predicted molar refractivity (Wildman–Crippen MR) is 138 cm³/mol. The van der Waals surface area contributed by atoms with Crippen LogP contribution < -0.4 is 4.90 Å². The summed E-state index contributed by atoms with van der Waals surface area (Å²) in [5, 5.41) is 10.9. The van der Waals surface area contributed by atoms with Gasteiger partial charge in [0.25, 0.3) is 17.4 Å². The number of benzene rings is 2. The van der Waals surface area contributed by atoms with Crippen LogP contribution >= 0.6 is 11.6 Å². The molecule has 1 fully saturated rings. The molecule has 2 amide bonds. The molecule has 0 saturated carbocycles. The normalized spacial score (nSPS) is 16.3. The predicted octanol–water partition coefficient (Wildman–Crippen LogP) is 4.95. The van der Waals surface area contributed by atoms with Crippen LogP contribution in [0.3, 0.4) is 0 Å². The molecule has 0 spiro atoms. The number of hydrogen-bond donors (Lipinski definition) is 1. The van der Waals surface area contributed by atoms with Gasteiger partial charge in [-0.2, -0.15) is 13.2 Å². The van der Waals surface area contributed by atoms with Crippen molar-refractivity contribution >= 4 is 29.1 Å². The van der Waals surface area contributed by atoms with E-state index < -0.39 is 23.2 Å². The monoisotopic (exact) mass is 539 g/mol. The van der Waals surface area contributed by atoms with Crippen molar-refractivity contribution in [3.05, 3.63) is 64.7 Å². The molecule has 2 aromatic rings. The van der Waals surface area contributed by atoms with Crippen molar-refractivity contribution < 1.29 is 27.9 Å². The third-order valence-electron chi connectivity index (χ3n) is 6.93. The van der Waals surface area contributed by atoms with Crippen molar-refractivity contribution in [1.82, 2.24) is 9.80 Å². The summed E-state index contributed by atoms with van der Waals surface area (Å²) in [5.41, 5.74) is -2.68. The largest absolute Gasteiger partial charge is 0.430 e. The molecule has 0 bridgehead atoms. The first-order valence-corrected chi connectivity index (χ1v) is 12.6. The Morgan fingerprint density at radius 3 is 2.22 bits per heavy atom. The number of carbonyl (C=O) groups is 2. The van der Waals surface area contributed by atoms with Gasteiger partial charge in [0.1, 0.15) is 0 Å². The third kappa shape index (κ3) is 6.38. The molecule has 1 N–H and O–H groups in total. The minimum absolute atomic E-state index is 0.112. The van der Waals surface area contributed by atoms with E-state index in [2.05, 4.69) is 4.90 Å². The van der Waals surface area contributed by atoms with Crippen LogP contribution in [0.5, 0.6) is 0 Å². The maximum atomic E-state index is 13.8. The Labute approximate surface area is 220 Å². The second-order valence-corrected chi connectivity index (χ2v) is 10.1. The van der Waals surface area contributed by atoms with Crippen molar-refractivity contribution in [2.24, 2.45) is 5.92 Å². The molecular formula is C27H33ClF3N3O3. The highest BCUT2D eigenvalue weighted by molar-refractivity contribution is 6.34. The lowest BCUT2D eigenvalue weighted by atomic mass is 9.90. The molecule has 1 aliphatic heterocycles. The lowest BCUT2D eigenvalue weighted by molar-refractivity contribution is -0.261. The number of nitrogens with zero attached hydrogens (tertiary/aromatic N) is 3. The van der Waals surface area contributed by atoms with Crippen molar-refractivity contribution in [3.63, 3.8) is 0 Å². The Hall–Kier alpha value is -2.78.